The van der Waals surface area contributed by atoms with Crippen LogP contribution in [0.4, 0.5) is 4.39 Å². The number of hydrogen-bond acceptors (Lipinski definition) is 5. The van der Waals surface area contributed by atoms with Crippen molar-refractivity contribution < 1.29 is 9.18 Å². The number of thiophene rings is 1. The van der Waals surface area contributed by atoms with E-state index in [4.69, 9.17) is 0 Å². The minimum Gasteiger partial charge on any atom is -0.346 e. The molecular formula is C26H28FN5O2S. The molecule has 0 atom stereocenters. The fourth-order valence-corrected chi connectivity index (χ4v) is 5.88. The highest BCUT2D eigenvalue weighted by atomic mass is 32.1. The normalized spacial score (nSPS) is 13.2. The molecule has 3 aromatic heterocycles. The number of rotatable bonds is 8. The fourth-order valence-electron chi connectivity index (χ4n) is 4.66. The molecule has 0 bridgehead atoms. The molecule has 0 aliphatic heterocycles. The average Bonchev–Trinajstić information content (AvgIpc) is 3.48. The summed E-state index contributed by atoms with van der Waals surface area (Å²) in [6, 6.07) is 8.26. The molecule has 7 nitrogen and oxygen atoms in total. The summed E-state index contributed by atoms with van der Waals surface area (Å²) < 4.78 is 15.0. The third kappa shape index (κ3) is 5.05. The number of aromatic nitrogens is 4. The Morgan fingerprint density at radius 2 is 2.11 bits per heavy atom. The van der Waals surface area contributed by atoms with Gasteiger partial charge in [0.25, 0.3) is 5.56 Å². The molecule has 5 rings (SSSR count). The quantitative estimate of drug-likeness (QED) is 0.396. The van der Waals surface area contributed by atoms with Crippen molar-refractivity contribution in [2.45, 2.75) is 51.5 Å². The molecule has 0 saturated carbocycles. The monoisotopic (exact) mass is 493 g/mol. The van der Waals surface area contributed by atoms with Crippen molar-refractivity contribution in [1.82, 2.24) is 24.6 Å². The highest BCUT2D eigenvalue weighted by Gasteiger charge is 2.20. The molecule has 0 saturated heterocycles. The lowest BCUT2D eigenvalue weighted by Gasteiger charge is -2.17. The van der Waals surface area contributed by atoms with Crippen LogP contribution in [0.5, 0.6) is 0 Å². The average molecular weight is 494 g/mol. The number of H-pyrrole nitrogens is 1. The fraction of sp³-hybridized carbons (Fsp3) is 0.385. The van der Waals surface area contributed by atoms with Gasteiger partial charge in [0.2, 0.25) is 5.91 Å². The zero-order valence-corrected chi connectivity index (χ0v) is 20.5. The van der Waals surface area contributed by atoms with Gasteiger partial charge in [0.1, 0.15) is 10.6 Å². The van der Waals surface area contributed by atoms with Crippen molar-refractivity contribution in [3.63, 3.8) is 0 Å². The maximum absolute atomic E-state index is 13.4. The Hall–Kier alpha value is -3.33. The molecule has 4 aromatic rings. The topological polar surface area (TPSA) is 83.9 Å². The molecule has 182 valence electrons. The first-order valence-corrected chi connectivity index (χ1v) is 12.8. The maximum Gasteiger partial charge on any atom is 0.262 e. The van der Waals surface area contributed by atoms with Crippen molar-refractivity contribution in [2.75, 3.05) is 13.6 Å². The first-order chi connectivity index (χ1) is 17.0. The number of hydrogen-bond donors (Lipinski definition) is 1. The second kappa shape index (κ2) is 10.1. The van der Waals surface area contributed by atoms with E-state index in [0.29, 0.717) is 18.8 Å². The van der Waals surface area contributed by atoms with E-state index in [-0.39, 0.29) is 23.7 Å². The van der Waals surface area contributed by atoms with Crippen LogP contribution in [0.15, 0.2) is 41.5 Å². The van der Waals surface area contributed by atoms with E-state index in [0.717, 1.165) is 53.6 Å². The van der Waals surface area contributed by atoms with Crippen molar-refractivity contribution in [1.29, 1.82) is 0 Å². The second-order valence-electron chi connectivity index (χ2n) is 9.09. The minimum absolute atomic E-state index is 0.00518. The first-order valence-electron chi connectivity index (χ1n) is 12.0. The Kier molecular flexibility index (Phi) is 6.77. The molecule has 1 amide bonds. The molecule has 9 heteroatoms. The smallest absolute Gasteiger partial charge is 0.262 e. The van der Waals surface area contributed by atoms with Crippen LogP contribution < -0.4 is 5.56 Å². The molecule has 0 unspecified atom stereocenters. The first kappa shape index (κ1) is 23.4. The predicted octanol–water partition coefficient (Wildman–Crippen LogP) is 4.35. The van der Waals surface area contributed by atoms with Crippen molar-refractivity contribution in [2.24, 2.45) is 0 Å². The summed E-state index contributed by atoms with van der Waals surface area (Å²) in [6.45, 7) is 0.921. The molecule has 0 spiro atoms. The summed E-state index contributed by atoms with van der Waals surface area (Å²) in [7, 11) is 1.78. The van der Waals surface area contributed by atoms with Crippen LogP contribution in [-0.4, -0.2) is 44.1 Å². The van der Waals surface area contributed by atoms with Crippen LogP contribution in [-0.2, 0) is 30.6 Å². The number of nitrogens with zero attached hydrogens (tertiary/aromatic N) is 4. The van der Waals surface area contributed by atoms with E-state index in [2.05, 4.69) is 15.2 Å². The minimum atomic E-state index is -0.292. The van der Waals surface area contributed by atoms with Gasteiger partial charge in [-0.3, -0.25) is 19.3 Å². The Bertz CT molecular complexity index is 1420. The number of benzene rings is 1. The zero-order valence-electron chi connectivity index (χ0n) is 19.7. The van der Waals surface area contributed by atoms with Crippen LogP contribution in [0.25, 0.3) is 21.5 Å². The van der Waals surface area contributed by atoms with Crippen LogP contribution >= 0.6 is 11.3 Å². The predicted molar refractivity (Wildman–Crippen MR) is 135 cm³/mol. The second-order valence-corrected chi connectivity index (χ2v) is 10.2. The van der Waals surface area contributed by atoms with E-state index in [1.807, 2.05) is 12.1 Å². The Morgan fingerprint density at radius 3 is 2.97 bits per heavy atom. The van der Waals surface area contributed by atoms with Crippen molar-refractivity contribution in [3.8, 4) is 11.3 Å². The number of nitrogens with one attached hydrogen (secondary N) is 1. The van der Waals surface area contributed by atoms with E-state index in [1.165, 1.54) is 29.0 Å². The lowest BCUT2D eigenvalue weighted by molar-refractivity contribution is -0.130. The van der Waals surface area contributed by atoms with E-state index in [1.54, 1.807) is 40.2 Å². The lowest BCUT2D eigenvalue weighted by atomic mass is 9.97. The SMILES string of the molecule is CN(CCCc1cc(-c2cccc(F)c2)n[nH]1)C(=O)CCn1cnc2sc3c(c2c1=O)CCCC3. The van der Waals surface area contributed by atoms with Gasteiger partial charge < -0.3 is 4.90 Å². The van der Waals surface area contributed by atoms with Gasteiger partial charge in [-0.15, -0.1) is 11.3 Å². The largest absolute Gasteiger partial charge is 0.346 e. The summed E-state index contributed by atoms with van der Waals surface area (Å²) in [4.78, 5) is 34.1. The molecule has 0 radical (unpaired) electrons. The molecule has 1 aromatic carbocycles. The summed E-state index contributed by atoms with van der Waals surface area (Å²) in [5.74, 6) is -0.297. The summed E-state index contributed by atoms with van der Waals surface area (Å²) in [5, 5.41) is 8.01. The van der Waals surface area contributed by atoms with Gasteiger partial charge >= 0.3 is 0 Å². The molecular weight excluding hydrogens is 465 g/mol. The van der Waals surface area contributed by atoms with E-state index in [9.17, 15) is 14.0 Å². The molecule has 35 heavy (non-hydrogen) atoms. The Morgan fingerprint density at radius 1 is 1.26 bits per heavy atom. The van der Waals surface area contributed by atoms with Crippen LogP contribution in [0.1, 0.15) is 41.8 Å². The van der Waals surface area contributed by atoms with E-state index >= 15 is 0 Å². The number of fused-ring (bicyclic) bond motifs is 3. The van der Waals surface area contributed by atoms with Gasteiger partial charge in [0.15, 0.2) is 0 Å². The Labute approximate surface area is 206 Å². The van der Waals surface area contributed by atoms with Crippen molar-refractivity contribution in [3.05, 3.63) is 69.0 Å². The molecule has 0 fully saturated rings. The number of carbonyl (C=O) groups excluding carboxylic acids is 1. The highest BCUT2D eigenvalue weighted by molar-refractivity contribution is 7.18. The van der Waals surface area contributed by atoms with Crippen LogP contribution in [0.3, 0.4) is 0 Å². The van der Waals surface area contributed by atoms with Gasteiger partial charge in [0, 0.05) is 42.7 Å². The number of aryl methyl sites for hydroxylation is 4. The molecule has 1 aliphatic rings. The number of carbonyl (C=O) groups is 1. The summed E-state index contributed by atoms with van der Waals surface area (Å²) in [6.07, 6.45) is 7.58. The standard InChI is InChI=1S/C26H28FN5O2S/c1-31(12-5-8-19-15-21(30-29-19)17-6-4-7-18(27)14-17)23(33)11-13-32-16-28-25-24(26(32)34)20-9-2-3-10-22(20)35-25/h4,6-7,14-16H,2-3,5,8-13H2,1H3,(H,29,30). The molecule has 3 heterocycles. The van der Waals surface area contributed by atoms with Gasteiger partial charge in [-0.05, 0) is 62.3 Å². The number of amides is 1. The maximum atomic E-state index is 13.4. The summed E-state index contributed by atoms with van der Waals surface area (Å²) >= 11 is 1.64. The third-order valence-electron chi connectivity index (χ3n) is 6.63. The zero-order chi connectivity index (χ0) is 24.4. The molecule has 1 aliphatic carbocycles. The number of aromatic amines is 1. The van der Waals surface area contributed by atoms with Crippen LogP contribution in [0.2, 0.25) is 0 Å². The lowest BCUT2D eigenvalue weighted by Crippen LogP contribution is -2.30. The van der Waals surface area contributed by atoms with Crippen LogP contribution in [0, 0.1) is 5.82 Å². The number of halogens is 1. The van der Waals surface area contributed by atoms with Gasteiger partial charge in [-0.2, -0.15) is 5.10 Å². The third-order valence-corrected chi connectivity index (χ3v) is 7.82. The summed E-state index contributed by atoms with van der Waals surface area (Å²) in [5.41, 5.74) is 3.51. The molecule has 1 N–H and O–H groups in total. The van der Waals surface area contributed by atoms with Gasteiger partial charge in [0.05, 0.1) is 17.4 Å². The van der Waals surface area contributed by atoms with Gasteiger partial charge in [-0.1, -0.05) is 12.1 Å². The Balaban J connectivity index is 1.14. The highest BCUT2D eigenvalue weighted by Crippen LogP contribution is 2.33. The van der Waals surface area contributed by atoms with Gasteiger partial charge in [-0.25, -0.2) is 9.37 Å². The van der Waals surface area contributed by atoms with E-state index < -0.39 is 0 Å². The van der Waals surface area contributed by atoms with Crippen molar-refractivity contribution >= 4 is 27.5 Å².